The van der Waals surface area contributed by atoms with Gasteiger partial charge in [-0.25, -0.2) is 0 Å². The molecule has 1 fully saturated rings. The molecule has 0 saturated heterocycles. The maximum atomic E-state index is 6.49. The standard InChI is InChI=1S/C16H28BrN3/c1-10(2)20-15(13(17)9-19-20)16(4,5)12-7-6-11(3)8-14(12)18/h9-12,14H,6-8,18H2,1-5H3. The molecule has 1 aromatic heterocycles. The summed E-state index contributed by atoms with van der Waals surface area (Å²) in [5.41, 5.74) is 7.83. The Morgan fingerprint density at radius 1 is 1.40 bits per heavy atom. The molecule has 1 heterocycles. The van der Waals surface area contributed by atoms with Gasteiger partial charge in [-0.1, -0.05) is 27.2 Å². The van der Waals surface area contributed by atoms with Gasteiger partial charge in [0.15, 0.2) is 0 Å². The molecule has 3 unspecified atom stereocenters. The summed E-state index contributed by atoms with van der Waals surface area (Å²) in [6.07, 6.45) is 5.57. The highest BCUT2D eigenvalue weighted by molar-refractivity contribution is 9.10. The topological polar surface area (TPSA) is 43.8 Å². The van der Waals surface area contributed by atoms with Crippen LogP contribution in [-0.4, -0.2) is 15.8 Å². The maximum absolute atomic E-state index is 6.49. The minimum Gasteiger partial charge on any atom is -0.327 e. The van der Waals surface area contributed by atoms with Gasteiger partial charge in [-0.15, -0.1) is 0 Å². The first kappa shape index (κ1) is 16.0. The molecule has 1 aromatic rings. The molecule has 1 saturated carbocycles. The van der Waals surface area contributed by atoms with E-state index in [1.807, 2.05) is 6.20 Å². The van der Waals surface area contributed by atoms with E-state index in [0.717, 1.165) is 16.8 Å². The molecule has 20 heavy (non-hydrogen) atoms. The summed E-state index contributed by atoms with van der Waals surface area (Å²) in [6.45, 7) is 11.3. The summed E-state index contributed by atoms with van der Waals surface area (Å²) in [6, 6.07) is 0.658. The number of rotatable bonds is 3. The Kier molecular flexibility index (Phi) is 4.65. The van der Waals surface area contributed by atoms with Crippen molar-refractivity contribution in [1.82, 2.24) is 9.78 Å². The molecule has 4 heteroatoms. The molecule has 0 spiro atoms. The molecule has 1 aliphatic rings. The van der Waals surface area contributed by atoms with Gasteiger partial charge in [0.05, 0.1) is 16.4 Å². The van der Waals surface area contributed by atoms with Gasteiger partial charge >= 0.3 is 0 Å². The second-order valence-electron chi connectivity index (χ2n) is 7.29. The van der Waals surface area contributed by atoms with Gasteiger partial charge < -0.3 is 5.73 Å². The first-order valence-corrected chi connectivity index (χ1v) is 8.53. The Balaban J connectivity index is 2.37. The summed E-state index contributed by atoms with van der Waals surface area (Å²) in [5, 5.41) is 4.55. The molecule has 2 N–H and O–H groups in total. The number of hydrogen-bond acceptors (Lipinski definition) is 2. The predicted octanol–water partition coefficient (Wildman–Crippen LogP) is 4.27. The zero-order chi connectivity index (χ0) is 15.1. The molecule has 1 aliphatic carbocycles. The van der Waals surface area contributed by atoms with Crippen molar-refractivity contribution in [2.24, 2.45) is 17.6 Å². The number of aromatic nitrogens is 2. The Labute approximate surface area is 131 Å². The Morgan fingerprint density at radius 3 is 2.60 bits per heavy atom. The van der Waals surface area contributed by atoms with E-state index in [-0.39, 0.29) is 11.5 Å². The third-order valence-corrected chi connectivity index (χ3v) is 5.52. The van der Waals surface area contributed by atoms with Crippen molar-refractivity contribution in [3.63, 3.8) is 0 Å². The van der Waals surface area contributed by atoms with Crippen molar-refractivity contribution in [3.8, 4) is 0 Å². The first-order valence-electron chi connectivity index (χ1n) is 7.74. The number of hydrogen-bond donors (Lipinski definition) is 1. The fourth-order valence-corrected chi connectivity index (χ4v) is 4.62. The highest BCUT2D eigenvalue weighted by Crippen LogP contribution is 2.44. The lowest BCUT2D eigenvalue weighted by atomic mass is 9.65. The van der Waals surface area contributed by atoms with Crippen molar-refractivity contribution in [2.75, 3.05) is 0 Å². The summed E-state index contributed by atoms with van der Waals surface area (Å²) in [5.74, 6) is 1.28. The van der Waals surface area contributed by atoms with Crippen LogP contribution in [0.25, 0.3) is 0 Å². The Bertz CT molecular complexity index is 464. The lowest BCUT2D eigenvalue weighted by Crippen LogP contribution is -2.46. The van der Waals surface area contributed by atoms with Crippen LogP contribution in [0, 0.1) is 11.8 Å². The second-order valence-corrected chi connectivity index (χ2v) is 8.14. The van der Waals surface area contributed by atoms with E-state index in [0.29, 0.717) is 12.0 Å². The van der Waals surface area contributed by atoms with E-state index in [1.165, 1.54) is 18.5 Å². The number of nitrogens with two attached hydrogens (primary N) is 1. The van der Waals surface area contributed by atoms with Crippen LogP contribution in [0.5, 0.6) is 0 Å². The van der Waals surface area contributed by atoms with Gasteiger partial charge in [0.25, 0.3) is 0 Å². The highest BCUT2D eigenvalue weighted by Gasteiger charge is 2.41. The van der Waals surface area contributed by atoms with Crippen LogP contribution >= 0.6 is 15.9 Å². The fourth-order valence-electron chi connectivity index (χ4n) is 3.83. The molecule has 2 rings (SSSR count). The van der Waals surface area contributed by atoms with E-state index in [9.17, 15) is 0 Å². The molecule has 0 radical (unpaired) electrons. The number of halogens is 1. The van der Waals surface area contributed by atoms with Crippen LogP contribution in [0.4, 0.5) is 0 Å². The van der Waals surface area contributed by atoms with Crippen LogP contribution < -0.4 is 5.73 Å². The average molecular weight is 342 g/mol. The zero-order valence-corrected chi connectivity index (χ0v) is 14.9. The van der Waals surface area contributed by atoms with Crippen LogP contribution in [-0.2, 0) is 5.41 Å². The molecule has 3 nitrogen and oxygen atoms in total. The summed E-state index contributed by atoms with van der Waals surface area (Å²) in [7, 11) is 0. The molecular weight excluding hydrogens is 314 g/mol. The van der Waals surface area contributed by atoms with Gasteiger partial charge in [-0.3, -0.25) is 4.68 Å². The third kappa shape index (κ3) is 2.82. The maximum Gasteiger partial charge on any atom is 0.0635 e. The third-order valence-electron chi connectivity index (χ3n) is 4.94. The quantitative estimate of drug-likeness (QED) is 0.892. The monoisotopic (exact) mass is 341 g/mol. The van der Waals surface area contributed by atoms with Gasteiger partial charge in [-0.2, -0.15) is 5.10 Å². The van der Waals surface area contributed by atoms with Gasteiger partial charge in [0.2, 0.25) is 0 Å². The Hall–Kier alpha value is -0.350. The van der Waals surface area contributed by atoms with E-state index in [1.54, 1.807) is 0 Å². The van der Waals surface area contributed by atoms with Crippen LogP contribution in [0.2, 0.25) is 0 Å². The van der Waals surface area contributed by atoms with E-state index in [4.69, 9.17) is 5.73 Å². The van der Waals surface area contributed by atoms with E-state index < -0.39 is 0 Å². The molecule has 0 aliphatic heterocycles. The van der Waals surface area contributed by atoms with Crippen LogP contribution in [0.1, 0.15) is 65.6 Å². The first-order chi connectivity index (χ1) is 9.25. The second kappa shape index (κ2) is 5.80. The van der Waals surface area contributed by atoms with Crippen LogP contribution in [0.15, 0.2) is 10.7 Å². The molecule has 114 valence electrons. The van der Waals surface area contributed by atoms with Gasteiger partial charge in [0, 0.05) is 17.5 Å². The van der Waals surface area contributed by atoms with Crippen LogP contribution in [0.3, 0.4) is 0 Å². The fraction of sp³-hybridized carbons (Fsp3) is 0.812. The van der Waals surface area contributed by atoms with Crippen molar-refractivity contribution in [3.05, 3.63) is 16.4 Å². The molecule has 0 bridgehead atoms. The zero-order valence-electron chi connectivity index (χ0n) is 13.4. The van der Waals surface area contributed by atoms with Crippen molar-refractivity contribution >= 4 is 15.9 Å². The lowest BCUT2D eigenvalue weighted by Gasteiger charge is -2.43. The molecule has 0 amide bonds. The minimum absolute atomic E-state index is 0.0408. The molecule has 0 aromatic carbocycles. The highest BCUT2D eigenvalue weighted by atomic mass is 79.9. The molecular formula is C16H28BrN3. The summed E-state index contributed by atoms with van der Waals surface area (Å²) >= 11 is 3.70. The van der Waals surface area contributed by atoms with Crippen molar-refractivity contribution < 1.29 is 0 Å². The smallest absolute Gasteiger partial charge is 0.0635 e. The van der Waals surface area contributed by atoms with E-state index in [2.05, 4.69) is 60.3 Å². The lowest BCUT2D eigenvalue weighted by molar-refractivity contribution is 0.162. The normalized spacial score (nSPS) is 28.1. The van der Waals surface area contributed by atoms with Gasteiger partial charge in [0.1, 0.15) is 0 Å². The van der Waals surface area contributed by atoms with Crippen molar-refractivity contribution in [2.45, 2.75) is 71.4 Å². The predicted molar refractivity (Wildman–Crippen MR) is 87.8 cm³/mol. The molecule has 3 atom stereocenters. The largest absolute Gasteiger partial charge is 0.327 e. The van der Waals surface area contributed by atoms with Gasteiger partial charge in [-0.05, 0) is 54.5 Å². The summed E-state index contributed by atoms with van der Waals surface area (Å²) in [4.78, 5) is 0. The Morgan fingerprint density at radius 2 is 2.05 bits per heavy atom. The summed E-state index contributed by atoms with van der Waals surface area (Å²) < 4.78 is 3.26. The van der Waals surface area contributed by atoms with Crippen molar-refractivity contribution in [1.29, 1.82) is 0 Å². The SMILES string of the molecule is CC1CCC(C(C)(C)c2c(Br)cnn2C(C)C)C(N)C1. The minimum atomic E-state index is 0.0408. The van der Waals surface area contributed by atoms with E-state index >= 15 is 0 Å². The number of nitrogens with zero attached hydrogens (tertiary/aromatic N) is 2. The average Bonchev–Trinajstić information content (AvgIpc) is 2.71.